The van der Waals surface area contributed by atoms with Crippen molar-refractivity contribution in [2.24, 2.45) is 23.7 Å². The Balaban J connectivity index is 1.09. The molecule has 13 nitrogen and oxygen atoms in total. The lowest BCUT2D eigenvalue weighted by Gasteiger charge is -2.56. The molecule has 10 atom stereocenters. The van der Waals surface area contributed by atoms with E-state index in [2.05, 4.69) is 33.1 Å². The van der Waals surface area contributed by atoms with Crippen molar-refractivity contribution in [1.82, 2.24) is 15.2 Å². The molecule has 14 heteroatoms. The van der Waals surface area contributed by atoms with Crippen LogP contribution < -0.4 is 20.0 Å². The first-order valence-electron chi connectivity index (χ1n) is 18.7. The van der Waals surface area contributed by atoms with Crippen molar-refractivity contribution in [2.45, 2.75) is 82.6 Å². The molecule has 1 aromatic carbocycles. The lowest BCUT2D eigenvalue weighted by atomic mass is 9.55. The van der Waals surface area contributed by atoms with E-state index in [1.165, 1.54) is 12.0 Å². The molecular weight excluding hydrogens is 702 g/mol. The first-order valence-corrected chi connectivity index (χ1v) is 19.1. The standard InChI is InChI=1S/C39H52ClN5O8/c1-22-19-28-26(23(2)21-44-15-17-45(18-16-44)31-11-8-12-32(42-31)50-6)14-13-24(3)39(28,49)35(34(22)51-25(4)46)52-36(47)30-20-38(48)27-9-7-10-29(40)33(27)43(5)53-37(38)41-30/h7-12,19,23-24,26,28,30,34-35,37,41,48-49H,13-18,20-21H2,1-6H3/t23?,24-,26+,28-,30+,34-,35+,37-,38-,39-/m1/s1. The van der Waals surface area contributed by atoms with E-state index in [9.17, 15) is 19.8 Å². The summed E-state index contributed by atoms with van der Waals surface area (Å²) in [6.07, 6.45) is 0.538. The van der Waals surface area contributed by atoms with Crippen molar-refractivity contribution < 1.29 is 38.9 Å². The number of nitrogens with one attached hydrogen (secondary N) is 1. The van der Waals surface area contributed by atoms with Gasteiger partial charge in [-0.25, -0.2) is 0 Å². The van der Waals surface area contributed by atoms with E-state index in [0.29, 0.717) is 28.6 Å². The molecule has 2 aromatic rings. The molecule has 0 bridgehead atoms. The van der Waals surface area contributed by atoms with Gasteiger partial charge in [-0.15, -0.1) is 0 Å². The largest absolute Gasteiger partial charge is 0.481 e. The van der Waals surface area contributed by atoms with Crippen molar-refractivity contribution in [3.63, 3.8) is 0 Å². The van der Waals surface area contributed by atoms with Crippen LogP contribution in [0.25, 0.3) is 0 Å². The second-order valence-electron chi connectivity index (χ2n) is 15.6. The number of anilines is 2. The Hall–Kier alpha value is -3.46. The third kappa shape index (κ3) is 6.78. The number of ether oxygens (including phenoxy) is 3. The molecule has 4 heterocycles. The monoisotopic (exact) mass is 753 g/mol. The second kappa shape index (κ2) is 14.6. The van der Waals surface area contributed by atoms with Crippen molar-refractivity contribution in [3.8, 4) is 5.88 Å². The minimum Gasteiger partial charge on any atom is -0.481 e. The molecule has 0 radical (unpaired) electrons. The first kappa shape index (κ1) is 37.8. The van der Waals surface area contributed by atoms with Crippen molar-refractivity contribution in [2.75, 3.05) is 56.8 Å². The fourth-order valence-corrected chi connectivity index (χ4v) is 9.85. The highest BCUT2D eigenvalue weighted by atomic mass is 35.5. The Bertz CT molecular complexity index is 1740. The van der Waals surface area contributed by atoms with Gasteiger partial charge < -0.3 is 29.3 Å². The molecule has 2 aliphatic carbocycles. The van der Waals surface area contributed by atoms with Crippen LogP contribution in [-0.2, 0) is 29.5 Å². The van der Waals surface area contributed by atoms with Crippen LogP contribution >= 0.6 is 11.6 Å². The van der Waals surface area contributed by atoms with Crippen LogP contribution in [0.3, 0.4) is 0 Å². The molecule has 2 saturated heterocycles. The third-order valence-electron chi connectivity index (χ3n) is 12.4. The van der Waals surface area contributed by atoms with E-state index < -0.39 is 47.6 Å². The maximum atomic E-state index is 14.2. The number of carbonyl (C=O) groups excluding carboxylic acids is 2. The summed E-state index contributed by atoms with van der Waals surface area (Å²) in [6.45, 7) is 11.7. The maximum Gasteiger partial charge on any atom is 0.323 e. The summed E-state index contributed by atoms with van der Waals surface area (Å²) in [6, 6.07) is 10.1. The highest BCUT2D eigenvalue weighted by Crippen LogP contribution is 2.53. The Morgan fingerprint density at radius 1 is 1.11 bits per heavy atom. The number of halogens is 1. The smallest absolute Gasteiger partial charge is 0.323 e. The van der Waals surface area contributed by atoms with E-state index >= 15 is 0 Å². The summed E-state index contributed by atoms with van der Waals surface area (Å²) in [5.74, 6) is -0.00994. The highest BCUT2D eigenvalue weighted by molar-refractivity contribution is 6.33. The van der Waals surface area contributed by atoms with Crippen LogP contribution in [0.2, 0.25) is 5.02 Å². The van der Waals surface area contributed by atoms with Gasteiger partial charge in [0.25, 0.3) is 0 Å². The van der Waals surface area contributed by atoms with Crippen molar-refractivity contribution >= 4 is 35.0 Å². The number of methoxy groups -OCH3 is 1. The van der Waals surface area contributed by atoms with E-state index in [1.807, 2.05) is 32.0 Å². The van der Waals surface area contributed by atoms with Gasteiger partial charge in [0.15, 0.2) is 18.4 Å². The Morgan fingerprint density at radius 2 is 1.85 bits per heavy atom. The van der Waals surface area contributed by atoms with Crippen LogP contribution in [-0.4, -0.2) is 109 Å². The lowest BCUT2D eigenvalue weighted by Crippen LogP contribution is -2.66. The predicted molar refractivity (Wildman–Crippen MR) is 198 cm³/mol. The molecule has 0 amide bonds. The second-order valence-corrected chi connectivity index (χ2v) is 16.0. The zero-order valence-corrected chi connectivity index (χ0v) is 32.1. The number of hydrogen-bond acceptors (Lipinski definition) is 13. The minimum atomic E-state index is -1.57. The zero-order valence-electron chi connectivity index (χ0n) is 31.3. The molecule has 1 aromatic heterocycles. The maximum absolute atomic E-state index is 14.2. The van der Waals surface area contributed by atoms with Crippen molar-refractivity contribution in [1.29, 1.82) is 0 Å². The molecule has 3 N–H and O–H groups in total. The summed E-state index contributed by atoms with van der Waals surface area (Å²) in [7, 11) is 3.31. The topological polar surface area (TPSA) is 146 Å². The van der Waals surface area contributed by atoms with E-state index in [-0.39, 0.29) is 30.1 Å². The Morgan fingerprint density at radius 3 is 2.57 bits per heavy atom. The molecule has 3 fully saturated rings. The molecule has 5 aliphatic rings. The van der Waals surface area contributed by atoms with Crippen LogP contribution in [0.5, 0.6) is 5.88 Å². The van der Waals surface area contributed by atoms with Gasteiger partial charge in [-0.3, -0.25) is 29.7 Å². The number of hydroxylamine groups is 1. The van der Waals surface area contributed by atoms with Gasteiger partial charge in [0.2, 0.25) is 5.88 Å². The normalized spacial score (nSPS) is 34.7. The zero-order chi connectivity index (χ0) is 37.8. The highest BCUT2D eigenvalue weighted by Gasteiger charge is 2.62. The van der Waals surface area contributed by atoms with Crippen LogP contribution in [0.4, 0.5) is 11.5 Å². The molecule has 7 rings (SSSR count). The van der Waals surface area contributed by atoms with Gasteiger partial charge in [-0.05, 0) is 55.2 Å². The number of piperazine rings is 1. The number of pyridine rings is 1. The fraction of sp³-hybridized carbons (Fsp3) is 0.615. The minimum absolute atomic E-state index is 0.0460. The summed E-state index contributed by atoms with van der Waals surface area (Å²) in [5.41, 5.74) is -1.28. The van der Waals surface area contributed by atoms with Crippen LogP contribution in [0.1, 0.15) is 52.5 Å². The molecule has 1 unspecified atom stereocenters. The summed E-state index contributed by atoms with van der Waals surface area (Å²) >= 11 is 6.48. The molecular formula is C39H52ClN5O8. The number of hydrogen-bond donors (Lipinski definition) is 3. The van der Waals surface area contributed by atoms with Gasteiger partial charge >= 0.3 is 11.9 Å². The van der Waals surface area contributed by atoms with Gasteiger partial charge in [-0.1, -0.05) is 49.7 Å². The van der Waals surface area contributed by atoms with Crippen molar-refractivity contribution in [3.05, 3.63) is 58.6 Å². The number of carbonyl (C=O) groups is 2. The van der Waals surface area contributed by atoms with Gasteiger partial charge in [0, 0.05) is 70.7 Å². The molecule has 288 valence electrons. The predicted octanol–water partition coefficient (Wildman–Crippen LogP) is 3.66. The van der Waals surface area contributed by atoms with Gasteiger partial charge in [0.1, 0.15) is 23.1 Å². The van der Waals surface area contributed by atoms with E-state index in [0.717, 1.165) is 50.5 Å². The van der Waals surface area contributed by atoms with Crippen LogP contribution in [0.15, 0.2) is 48.0 Å². The van der Waals surface area contributed by atoms with Gasteiger partial charge in [0.05, 0.1) is 17.8 Å². The SMILES string of the molecule is COc1cccc(N2CCN(CC(C)[C@@H]3CC[C@@H](C)[C@@]4(O)[C@@H]3C=C(C)[C@@H](OC(C)=O)[C@@H]4OC(=O)[C@@H]3C[C@@]4(O)c5cccc(Cl)c5N(C)O[C@H]4N3)CC2)n1. The lowest BCUT2D eigenvalue weighted by molar-refractivity contribution is -0.225. The molecule has 1 saturated carbocycles. The number of para-hydroxylation sites is 1. The Kier molecular flexibility index (Phi) is 10.5. The number of rotatable bonds is 8. The average molecular weight is 754 g/mol. The van der Waals surface area contributed by atoms with E-state index in [4.69, 9.17) is 30.6 Å². The molecule has 3 aliphatic heterocycles. The molecule has 0 spiro atoms. The fourth-order valence-electron chi connectivity index (χ4n) is 9.56. The first-order chi connectivity index (χ1) is 25.2. The van der Waals surface area contributed by atoms with Gasteiger partial charge in [-0.2, -0.15) is 4.98 Å². The number of nitrogens with zero attached hydrogens (tertiary/aromatic N) is 4. The third-order valence-corrected chi connectivity index (χ3v) is 12.7. The summed E-state index contributed by atoms with van der Waals surface area (Å²) in [4.78, 5) is 42.0. The Labute approximate surface area is 316 Å². The van der Waals surface area contributed by atoms with Crippen LogP contribution in [0, 0.1) is 23.7 Å². The molecule has 53 heavy (non-hydrogen) atoms. The number of benzene rings is 1. The number of aromatic nitrogens is 1. The average Bonchev–Trinajstić information content (AvgIpc) is 3.48. The van der Waals surface area contributed by atoms with E-state index in [1.54, 1.807) is 32.4 Å². The number of esters is 2. The number of fused-ring (bicyclic) bond motifs is 4. The summed E-state index contributed by atoms with van der Waals surface area (Å²) < 4.78 is 17.5. The quantitative estimate of drug-likeness (QED) is 0.267. The number of aliphatic hydroxyl groups is 2. The summed E-state index contributed by atoms with van der Waals surface area (Å²) in [5, 5.41) is 29.9.